The van der Waals surface area contributed by atoms with Crippen molar-refractivity contribution in [3.05, 3.63) is 0 Å². The zero-order valence-electron chi connectivity index (χ0n) is 9.30. The molecule has 90 valence electrons. The molecule has 1 heterocycles. The Morgan fingerprint density at radius 3 is 2.56 bits per heavy atom. The van der Waals surface area contributed by atoms with Crippen LogP contribution in [0.25, 0.3) is 0 Å². The molecular weight excluding hydrogens is 228 g/mol. The average molecular weight is 245 g/mol. The molecule has 2 aliphatic rings. The van der Waals surface area contributed by atoms with Crippen molar-refractivity contribution >= 4 is 23.5 Å². The number of hydrogen-bond donors (Lipinski definition) is 1. The number of carbonyl (C=O) groups excluding carboxylic acids is 2. The first kappa shape index (κ1) is 11.7. The molecule has 16 heavy (non-hydrogen) atoms. The maximum absolute atomic E-state index is 12.1. The van der Waals surface area contributed by atoms with E-state index in [-0.39, 0.29) is 11.9 Å². The van der Waals surface area contributed by atoms with Crippen LogP contribution >= 0.6 is 11.6 Å². The van der Waals surface area contributed by atoms with E-state index < -0.39 is 5.54 Å². The lowest BCUT2D eigenvalue weighted by molar-refractivity contribution is -0.131. The third-order valence-electron chi connectivity index (χ3n) is 3.47. The highest BCUT2D eigenvalue weighted by atomic mass is 35.5. The Morgan fingerprint density at radius 2 is 1.94 bits per heavy atom. The number of nitrogens with one attached hydrogen (secondary N) is 1. The zero-order chi connectivity index (χ0) is 11.6. The molecule has 5 heteroatoms. The van der Waals surface area contributed by atoms with Crippen LogP contribution in [0, 0.1) is 0 Å². The van der Waals surface area contributed by atoms with E-state index in [9.17, 15) is 9.59 Å². The molecular formula is C11H17ClN2O2. The molecule has 0 atom stereocenters. The van der Waals surface area contributed by atoms with Crippen molar-refractivity contribution in [2.24, 2.45) is 0 Å². The van der Waals surface area contributed by atoms with E-state index in [1.807, 2.05) is 0 Å². The summed E-state index contributed by atoms with van der Waals surface area (Å²) in [6.45, 7) is 0.499. The van der Waals surface area contributed by atoms with Gasteiger partial charge in [-0.15, -0.1) is 11.6 Å². The summed E-state index contributed by atoms with van der Waals surface area (Å²) in [6, 6.07) is -0.221. The maximum atomic E-state index is 12.1. The number of halogens is 1. The van der Waals surface area contributed by atoms with Crippen LogP contribution < -0.4 is 5.32 Å². The molecule has 1 aliphatic heterocycles. The number of imide groups is 1. The van der Waals surface area contributed by atoms with Crippen molar-refractivity contribution in [1.82, 2.24) is 10.2 Å². The van der Waals surface area contributed by atoms with E-state index in [4.69, 9.17) is 11.6 Å². The third kappa shape index (κ3) is 1.90. The molecule has 0 aromatic rings. The smallest absolute Gasteiger partial charge is 0.323 e. The van der Waals surface area contributed by atoms with Gasteiger partial charge in [0.1, 0.15) is 5.54 Å². The van der Waals surface area contributed by atoms with Gasteiger partial charge in [-0.25, -0.2) is 4.79 Å². The zero-order valence-corrected chi connectivity index (χ0v) is 10.1. The highest BCUT2D eigenvalue weighted by Gasteiger charge is 2.51. The Kier molecular flexibility index (Phi) is 3.38. The van der Waals surface area contributed by atoms with Crippen LogP contribution in [-0.2, 0) is 4.79 Å². The summed E-state index contributed by atoms with van der Waals surface area (Å²) in [4.78, 5) is 25.2. The van der Waals surface area contributed by atoms with Crippen LogP contribution in [0.4, 0.5) is 4.79 Å². The van der Waals surface area contributed by atoms with Gasteiger partial charge in [-0.1, -0.05) is 12.8 Å². The van der Waals surface area contributed by atoms with Crippen molar-refractivity contribution in [3.63, 3.8) is 0 Å². The monoisotopic (exact) mass is 244 g/mol. The third-order valence-corrected chi connectivity index (χ3v) is 3.74. The van der Waals surface area contributed by atoms with Crippen molar-refractivity contribution in [1.29, 1.82) is 0 Å². The lowest BCUT2D eigenvalue weighted by Gasteiger charge is -2.19. The summed E-state index contributed by atoms with van der Waals surface area (Å²) in [5, 5.41) is 2.86. The molecule has 1 N–H and O–H groups in total. The lowest BCUT2D eigenvalue weighted by Crippen LogP contribution is -2.44. The summed E-state index contributed by atoms with van der Waals surface area (Å²) < 4.78 is 0. The molecule has 2 fully saturated rings. The predicted octanol–water partition coefficient (Wildman–Crippen LogP) is 1.87. The van der Waals surface area contributed by atoms with Crippen LogP contribution in [0.5, 0.6) is 0 Å². The largest absolute Gasteiger partial charge is 0.325 e. The van der Waals surface area contributed by atoms with E-state index in [1.165, 1.54) is 4.90 Å². The van der Waals surface area contributed by atoms with Crippen LogP contribution in [0.15, 0.2) is 0 Å². The molecule has 1 saturated carbocycles. The van der Waals surface area contributed by atoms with E-state index in [0.29, 0.717) is 12.4 Å². The summed E-state index contributed by atoms with van der Waals surface area (Å²) in [6.07, 6.45) is 5.28. The number of nitrogens with zero attached hydrogens (tertiary/aromatic N) is 1. The van der Waals surface area contributed by atoms with Crippen molar-refractivity contribution in [2.45, 2.75) is 44.1 Å². The standard InChI is InChI=1S/C11H17ClN2O2/c12-7-3-4-8-14-9(15)11(13-10(14)16)5-1-2-6-11/h1-8H2,(H,13,16). The Labute approximate surface area is 100 Å². The maximum Gasteiger partial charge on any atom is 0.325 e. The van der Waals surface area contributed by atoms with Gasteiger partial charge in [0.25, 0.3) is 5.91 Å². The van der Waals surface area contributed by atoms with Gasteiger partial charge in [-0.05, 0) is 25.7 Å². The molecule has 1 aliphatic carbocycles. The molecule has 3 amide bonds. The lowest BCUT2D eigenvalue weighted by atomic mass is 9.98. The molecule has 4 nitrogen and oxygen atoms in total. The number of rotatable bonds is 4. The number of unbranched alkanes of at least 4 members (excludes halogenated alkanes) is 1. The molecule has 2 rings (SSSR count). The minimum absolute atomic E-state index is 0.0235. The van der Waals surface area contributed by atoms with Gasteiger partial charge in [-0.2, -0.15) is 0 Å². The first-order valence-corrected chi connectivity index (χ1v) is 6.43. The van der Waals surface area contributed by atoms with Crippen molar-refractivity contribution in [2.75, 3.05) is 12.4 Å². The van der Waals surface area contributed by atoms with E-state index >= 15 is 0 Å². The molecule has 0 aromatic carbocycles. The van der Waals surface area contributed by atoms with Gasteiger partial charge in [0.2, 0.25) is 0 Å². The normalized spacial score (nSPS) is 23.2. The topological polar surface area (TPSA) is 49.4 Å². The van der Waals surface area contributed by atoms with Crippen molar-refractivity contribution in [3.8, 4) is 0 Å². The van der Waals surface area contributed by atoms with Gasteiger partial charge in [0.15, 0.2) is 0 Å². The minimum atomic E-state index is -0.557. The summed E-state index contributed by atoms with van der Waals surface area (Å²) >= 11 is 5.58. The van der Waals surface area contributed by atoms with Gasteiger partial charge in [-0.3, -0.25) is 9.69 Å². The van der Waals surface area contributed by atoms with Crippen LogP contribution in [0.2, 0.25) is 0 Å². The summed E-state index contributed by atoms with van der Waals surface area (Å²) in [7, 11) is 0. The van der Waals surface area contributed by atoms with Crippen LogP contribution in [0.1, 0.15) is 38.5 Å². The van der Waals surface area contributed by atoms with Gasteiger partial charge < -0.3 is 5.32 Å². The summed E-state index contributed by atoms with van der Waals surface area (Å²) in [5.74, 6) is 0.555. The first-order valence-electron chi connectivity index (χ1n) is 5.90. The molecule has 0 aromatic heterocycles. The van der Waals surface area contributed by atoms with E-state index in [2.05, 4.69) is 5.32 Å². The molecule has 1 spiro atoms. The number of amides is 3. The Morgan fingerprint density at radius 1 is 1.25 bits per heavy atom. The van der Waals surface area contributed by atoms with E-state index in [0.717, 1.165) is 38.5 Å². The van der Waals surface area contributed by atoms with Gasteiger partial charge in [0.05, 0.1) is 0 Å². The number of urea groups is 1. The Hall–Kier alpha value is -0.770. The van der Waals surface area contributed by atoms with Crippen LogP contribution in [-0.4, -0.2) is 34.8 Å². The quantitative estimate of drug-likeness (QED) is 0.466. The summed E-state index contributed by atoms with van der Waals surface area (Å²) in [5.41, 5.74) is -0.557. The molecule has 0 radical (unpaired) electrons. The molecule has 0 unspecified atom stereocenters. The number of hydrogen-bond acceptors (Lipinski definition) is 2. The fourth-order valence-corrected chi connectivity index (χ4v) is 2.75. The van der Waals surface area contributed by atoms with Crippen LogP contribution in [0.3, 0.4) is 0 Å². The van der Waals surface area contributed by atoms with Gasteiger partial charge in [0, 0.05) is 12.4 Å². The predicted molar refractivity (Wildman–Crippen MR) is 61.4 cm³/mol. The van der Waals surface area contributed by atoms with Gasteiger partial charge >= 0.3 is 6.03 Å². The second kappa shape index (κ2) is 4.62. The second-order valence-electron chi connectivity index (χ2n) is 4.57. The Bertz CT molecular complexity index is 300. The molecule has 0 bridgehead atoms. The second-order valence-corrected chi connectivity index (χ2v) is 4.95. The highest BCUT2D eigenvalue weighted by Crippen LogP contribution is 2.35. The fraction of sp³-hybridized carbons (Fsp3) is 0.818. The Balaban J connectivity index is 1.99. The average Bonchev–Trinajstić information content (AvgIpc) is 2.80. The first-order chi connectivity index (χ1) is 7.69. The fourth-order valence-electron chi connectivity index (χ4n) is 2.56. The minimum Gasteiger partial charge on any atom is -0.323 e. The van der Waals surface area contributed by atoms with Crippen molar-refractivity contribution < 1.29 is 9.59 Å². The number of carbonyl (C=O) groups is 2. The molecule has 1 saturated heterocycles. The van der Waals surface area contributed by atoms with E-state index in [1.54, 1.807) is 0 Å². The SMILES string of the molecule is O=C1NC2(CCCC2)C(=O)N1CCCCCl. The highest BCUT2D eigenvalue weighted by molar-refractivity contribution is 6.17. The number of alkyl halides is 1.